The van der Waals surface area contributed by atoms with E-state index in [0.717, 1.165) is 20.3 Å². The van der Waals surface area contributed by atoms with Crippen molar-refractivity contribution in [2.75, 3.05) is 35.5 Å². The Kier molecular flexibility index (Phi) is 8.49. The van der Waals surface area contributed by atoms with Gasteiger partial charge in [0.1, 0.15) is 41.1 Å². The normalized spacial score (nSPS) is 32.5. The molecule has 15 nitrogen and oxygen atoms in total. The number of benzene rings is 2. The van der Waals surface area contributed by atoms with Gasteiger partial charge in [-0.15, -0.1) is 0 Å². The lowest BCUT2D eigenvalue weighted by atomic mass is 9.60. The van der Waals surface area contributed by atoms with Gasteiger partial charge in [0.05, 0.1) is 25.9 Å². The highest BCUT2D eigenvalue weighted by Crippen LogP contribution is 2.49. The van der Waals surface area contributed by atoms with Crippen LogP contribution in [-0.4, -0.2) is 127 Å². The first-order valence-electron chi connectivity index (χ1n) is 14.0. The van der Waals surface area contributed by atoms with Crippen molar-refractivity contribution in [3.8, 4) is 11.5 Å². The number of hydrogen-bond donors (Lipinski definition) is 4. The fourth-order valence-electron chi connectivity index (χ4n) is 6.65. The number of methoxy groups -OCH3 is 5. The molecular formula is C31H34O15. The topological polar surface area (TPSA) is 214 Å². The summed E-state index contributed by atoms with van der Waals surface area (Å²) in [6.45, 7) is 3.14. The molecule has 0 saturated carbocycles. The van der Waals surface area contributed by atoms with E-state index in [1.807, 2.05) is 0 Å². The van der Waals surface area contributed by atoms with Crippen molar-refractivity contribution in [2.24, 2.45) is 0 Å². The molecule has 2 aromatic carbocycles. The van der Waals surface area contributed by atoms with Gasteiger partial charge in [-0.2, -0.15) is 0 Å². The van der Waals surface area contributed by atoms with Gasteiger partial charge in [-0.1, -0.05) is 0 Å². The molecule has 8 unspecified atom stereocenters. The summed E-state index contributed by atoms with van der Waals surface area (Å²) in [6, 6.07) is 2.37. The molecule has 15 heteroatoms. The first-order chi connectivity index (χ1) is 21.7. The van der Waals surface area contributed by atoms with Gasteiger partial charge < -0.3 is 53.6 Å². The number of ketones is 3. The molecule has 248 valence electrons. The lowest BCUT2D eigenvalue weighted by Crippen LogP contribution is -2.76. The van der Waals surface area contributed by atoms with Crippen molar-refractivity contribution < 1.29 is 72.8 Å². The minimum Gasteiger partial charge on any atom is -0.507 e. The van der Waals surface area contributed by atoms with Crippen LogP contribution in [0.4, 0.5) is 0 Å². The van der Waals surface area contributed by atoms with Gasteiger partial charge in [-0.3, -0.25) is 14.4 Å². The van der Waals surface area contributed by atoms with Crippen LogP contribution < -0.4 is 4.74 Å². The zero-order valence-electron chi connectivity index (χ0n) is 26.0. The van der Waals surface area contributed by atoms with Gasteiger partial charge in [0.25, 0.3) is 0 Å². The molecule has 1 heterocycles. The van der Waals surface area contributed by atoms with E-state index in [0.29, 0.717) is 6.08 Å². The third-order valence-electron chi connectivity index (χ3n) is 9.02. The van der Waals surface area contributed by atoms with Gasteiger partial charge in [0.2, 0.25) is 34.8 Å². The van der Waals surface area contributed by atoms with Crippen LogP contribution in [0.3, 0.4) is 0 Å². The van der Waals surface area contributed by atoms with E-state index in [1.54, 1.807) is 6.92 Å². The summed E-state index contributed by atoms with van der Waals surface area (Å²) >= 11 is 0. The number of phenols is 1. The number of phenolic OH excluding ortho intramolecular Hbond substituents is 1. The predicted molar refractivity (Wildman–Crippen MR) is 154 cm³/mol. The molecule has 0 radical (unpaired) electrons. The number of ether oxygens (including phenoxy) is 7. The van der Waals surface area contributed by atoms with Crippen LogP contribution in [-0.2, 0) is 33.2 Å². The third-order valence-corrected chi connectivity index (χ3v) is 9.02. The summed E-state index contributed by atoms with van der Waals surface area (Å²) in [7, 11) is 6.51. The number of carbonyl (C=O) groups is 4. The van der Waals surface area contributed by atoms with Gasteiger partial charge in [0, 0.05) is 38.4 Å². The van der Waals surface area contributed by atoms with Gasteiger partial charge >= 0.3 is 5.97 Å². The zero-order valence-corrected chi connectivity index (χ0v) is 26.0. The Balaban J connectivity index is 1.74. The average Bonchev–Trinajstić information content (AvgIpc) is 3.03. The van der Waals surface area contributed by atoms with Crippen molar-refractivity contribution in [1.82, 2.24) is 0 Å². The molecule has 2 aliphatic carbocycles. The molecule has 0 amide bonds. The van der Waals surface area contributed by atoms with Gasteiger partial charge in [-0.25, -0.2) is 4.79 Å². The Morgan fingerprint density at radius 3 is 2.13 bits per heavy atom. The molecule has 5 rings (SSSR count). The number of aliphatic hydroxyl groups excluding tert-OH is 1. The standard InChI is InChI=1S/C31H34O15/c1-11-18-13(9-15(19(11)28(37)44-7)46-29-24(43-6)23(42-5)22(41-4)12(2)45-29)8-14-20(21(18)33)27(36)30(38)17(32)10-16(40-3)26(35)31(30,39)25(14)34/h8-10,12,22-24,26,29,33,35,38-39H,1-7H3. The summed E-state index contributed by atoms with van der Waals surface area (Å²) in [5, 5.41) is 45.0. The van der Waals surface area contributed by atoms with Crippen LogP contribution in [0.5, 0.6) is 11.5 Å². The Hall–Kier alpha value is -3.96. The molecule has 3 aliphatic rings. The van der Waals surface area contributed by atoms with Crippen molar-refractivity contribution in [3.63, 3.8) is 0 Å². The van der Waals surface area contributed by atoms with E-state index in [9.17, 15) is 39.6 Å². The number of aryl methyl sites for hydroxylation is 1. The second-order valence-electron chi connectivity index (χ2n) is 11.2. The molecule has 2 aromatic rings. The van der Waals surface area contributed by atoms with E-state index < -0.39 is 94.0 Å². The minimum absolute atomic E-state index is 0.0279. The Labute approximate surface area is 262 Å². The smallest absolute Gasteiger partial charge is 0.341 e. The van der Waals surface area contributed by atoms with Crippen molar-refractivity contribution >= 4 is 34.1 Å². The average molecular weight is 647 g/mol. The summed E-state index contributed by atoms with van der Waals surface area (Å²) in [5.41, 5.74) is -8.50. The van der Waals surface area contributed by atoms with Crippen molar-refractivity contribution in [2.45, 2.75) is 61.9 Å². The van der Waals surface area contributed by atoms with E-state index >= 15 is 0 Å². The number of aliphatic hydroxyl groups is 3. The first-order valence-corrected chi connectivity index (χ1v) is 14.0. The Morgan fingerprint density at radius 2 is 1.57 bits per heavy atom. The molecule has 0 spiro atoms. The molecular weight excluding hydrogens is 612 g/mol. The monoisotopic (exact) mass is 646 g/mol. The maximum Gasteiger partial charge on any atom is 0.341 e. The largest absolute Gasteiger partial charge is 0.507 e. The number of aromatic hydroxyl groups is 1. The van der Waals surface area contributed by atoms with Crippen LogP contribution in [0.15, 0.2) is 24.0 Å². The summed E-state index contributed by atoms with van der Waals surface area (Å²) < 4.78 is 38.9. The number of fused-ring (bicyclic) bond motifs is 3. The Morgan fingerprint density at radius 1 is 0.935 bits per heavy atom. The van der Waals surface area contributed by atoms with E-state index in [1.165, 1.54) is 34.3 Å². The number of hydrogen-bond acceptors (Lipinski definition) is 15. The van der Waals surface area contributed by atoms with Crippen LogP contribution in [0.2, 0.25) is 0 Å². The van der Waals surface area contributed by atoms with Crippen LogP contribution in [0.25, 0.3) is 10.8 Å². The fourth-order valence-corrected chi connectivity index (χ4v) is 6.65. The van der Waals surface area contributed by atoms with Gasteiger partial charge in [-0.05, 0) is 36.9 Å². The van der Waals surface area contributed by atoms with Crippen LogP contribution in [0.1, 0.15) is 43.6 Å². The lowest BCUT2D eigenvalue weighted by molar-refractivity contribution is -0.282. The number of rotatable bonds is 7. The molecule has 0 bridgehead atoms. The lowest BCUT2D eigenvalue weighted by Gasteiger charge is -2.47. The SMILES string of the molecule is COC(=O)c1c(OC2OC(C)C(OC)C(OC)C2OC)cc2cc3c(c(O)c2c1C)C(=O)C1(O)C(=O)C=C(OC)C(O)C1(O)C3=O. The Bertz CT molecular complexity index is 1680. The number of esters is 1. The first kappa shape index (κ1) is 33.4. The quantitative estimate of drug-likeness (QED) is 0.232. The molecule has 1 aliphatic heterocycles. The van der Waals surface area contributed by atoms with E-state index in [4.69, 9.17) is 33.2 Å². The highest BCUT2D eigenvalue weighted by molar-refractivity contribution is 6.35. The van der Waals surface area contributed by atoms with Crippen molar-refractivity contribution in [3.05, 3.63) is 46.2 Å². The second-order valence-corrected chi connectivity index (χ2v) is 11.2. The number of Topliss-reactive ketones (excluding diaryl/α,β-unsaturated/α-hetero) is 2. The fraction of sp³-hybridized carbons (Fsp3) is 0.484. The van der Waals surface area contributed by atoms with Crippen LogP contribution in [0, 0.1) is 6.92 Å². The summed E-state index contributed by atoms with van der Waals surface area (Å²) in [5.74, 6) is -6.93. The molecule has 46 heavy (non-hydrogen) atoms. The van der Waals surface area contributed by atoms with Gasteiger partial charge in [0.15, 0.2) is 6.10 Å². The van der Waals surface area contributed by atoms with E-state index in [2.05, 4.69) is 0 Å². The van der Waals surface area contributed by atoms with Crippen molar-refractivity contribution in [1.29, 1.82) is 0 Å². The zero-order chi connectivity index (χ0) is 34.0. The van der Waals surface area contributed by atoms with E-state index in [-0.39, 0.29) is 27.6 Å². The third kappa shape index (κ3) is 4.31. The second kappa shape index (κ2) is 11.7. The maximum atomic E-state index is 13.9. The molecule has 1 saturated heterocycles. The highest BCUT2D eigenvalue weighted by atomic mass is 16.7. The number of carbonyl (C=O) groups excluding carboxylic acids is 4. The molecule has 1 fully saturated rings. The summed E-state index contributed by atoms with van der Waals surface area (Å²) in [4.78, 5) is 53.8. The molecule has 0 aromatic heterocycles. The molecule has 8 atom stereocenters. The highest BCUT2D eigenvalue weighted by Gasteiger charge is 2.73. The maximum absolute atomic E-state index is 13.9. The minimum atomic E-state index is -3.51. The summed E-state index contributed by atoms with van der Waals surface area (Å²) in [6.07, 6.45) is -5.56. The predicted octanol–water partition coefficient (Wildman–Crippen LogP) is 0.124. The van der Waals surface area contributed by atoms with Crippen LogP contribution >= 0.6 is 0 Å². The molecule has 4 N–H and O–H groups in total.